The first-order valence-electron chi connectivity index (χ1n) is 6.09. The summed E-state index contributed by atoms with van der Waals surface area (Å²) in [7, 11) is -1.79. The van der Waals surface area contributed by atoms with Crippen LogP contribution in [0.2, 0.25) is 0 Å². The van der Waals surface area contributed by atoms with E-state index in [0.29, 0.717) is 5.56 Å². The molecule has 0 aliphatic carbocycles. The number of hydrogen-bond acceptors (Lipinski definition) is 1. The molecule has 0 unspecified atom stereocenters. The van der Waals surface area contributed by atoms with Gasteiger partial charge in [0.05, 0.1) is 15.7 Å². The van der Waals surface area contributed by atoms with Crippen molar-refractivity contribution in [1.82, 2.24) is 4.72 Å². The molecule has 0 saturated carbocycles. The average Bonchev–Trinajstić information content (AvgIpc) is 2.32. The molecule has 20 heavy (non-hydrogen) atoms. The van der Waals surface area contributed by atoms with E-state index >= 15 is 0 Å². The first kappa shape index (κ1) is 16.9. The lowest BCUT2D eigenvalue weighted by atomic mass is 10.2. The average molecular weight is 305 g/mol. The second kappa shape index (κ2) is 6.54. The number of nitrogens with one attached hydrogen (secondary N) is 1. The summed E-state index contributed by atoms with van der Waals surface area (Å²) in [5.74, 6) is 0. The van der Waals surface area contributed by atoms with E-state index in [0.717, 1.165) is 6.08 Å². The summed E-state index contributed by atoms with van der Waals surface area (Å²) >= 11 is 0. The van der Waals surface area contributed by atoms with E-state index in [-0.39, 0.29) is 0 Å². The number of benzene rings is 1. The molecule has 0 radical (unpaired) electrons. The molecular weight excluding hydrogens is 287 g/mol. The van der Waals surface area contributed by atoms with Crippen molar-refractivity contribution in [2.24, 2.45) is 0 Å². The largest absolute Gasteiger partial charge is 0.408 e. The third-order valence-electron chi connectivity index (χ3n) is 2.42. The first-order chi connectivity index (χ1) is 9.10. The van der Waals surface area contributed by atoms with Crippen molar-refractivity contribution in [2.45, 2.75) is 37.7 Å². The van der Waals surface area contributed by atoms with Crippen LogP contribution in [0.4, 0.5) is 13.2 Å². The Morgan fingerprint density at radius 1 is 1.15 bits per heavy atom. The van der Waals surface area contributed by atoms with E-state index in [2.05, 4.69) is 4.72 Å². The van der Waals surface area contributed by atoms with Crippen LogP contribution in [0, 0.1) is 0 Å². The van der Waals surface area contributed by atoms with Gasteiger partial charge in [0.25, 0.3) is 0 Å². The van der Waals surface area contributed by atoms with Crippen LogP contribution in [0.15, 0.2) is 36.4 Å². The zero-order valence-corrected chi connectivity index (χ0v) is 12.4. The van der Waals surface area contributed by atoms with Crippen molar-refractivity contribution in [2.75, 3.05) is 0 Å². The van der Waals surface area contributed by atoms with E-state index in [9.17, 15) is 17.4 Å². The van der Waals surface area contributed by atoms with Gasteiger partial charge in [-0.3, -0.25) is 0 Å². The molecule has 0 spiro atoms. The summed E-state index contributed by atoms with van der Waals surface area (Å²) in [6.07, 6.45) is -2.14. The Morgan fingerprint density at radius 2 is 1.70 bits per heavy atom. The SMILES string of the molecule is CC(C)(C)[S@@](=O)N[C@@H](/C=C/c1ccccc1)C(F)(F)F. The van der Waals surface area contributed by atoms with Crippen LogP contribution in [-0.2, 0) is 11.0 Å². The summed E-state index contributed by atoms with van der Waals surface area (Å²) < 4.78 is 51.9. The summed E-state index contributed by atoms with van der Waals surface area (Å²) in [4.78, 5) is 0. The van der Waals surface area contributed by atoms with Crippen molar-refractivity contribution < 1.29 is 17.4 Å². The molecule has 0 heterocycles. The Morgan fingerprint density at radius 3 is 2.15 bits per heavy atom. The predicted octanol–water partition coefficient (Wildman–Crippen LogP) is 3.68. The normalized spacial score (nSPS) is 16.3. The summed E-state index contributed by atoms with van der Waals surface area (Å²) in [5.41, 5.74) is 0.657. The quantitative estimate of drug-likeness (QED) is 0.903. The monoisotopic (exact) mass is 305 g/mol. The lowest BCUT2D eigenvalue weighted by molar-refractivity contribution is -0.139. The van der Waals surface area contributed by atoms with Crippen molar-refractivity contribution >= 4 is 17.1 Å². The molecule has 1 aromatic rings. The third kappa shape index (κ3) is 5.46. The standard InChI is InChI=1S/C14H18F3NOS/c1-13(2,3)20(19)18-12(14(15,16)17)10-9-11-7-5-4-6-8-11/h4-10,12,18H,1-3H3/b10-9+/t12-,20+/m0/s1. The van der Waals surface area contributed by atoms with Gasteiger partial charge in [-0.2, -0.15) is 13.2 Å². The van der Waals surface area contributed by atoms with E-state index in [4.69, 9.17) is 0 Å². The number of alkyl halides is 3. The molecule has 112 valence electrons. The van der Waals surface area contributed by atoms with Gasteiger partial charge in [-0.1, -0.05) is 42.5 Å². The van der Waals surface area contributed by atoms with Gasteiger partial charge in [-0.25, -0.2) is 8.93 Å². The summed E-state index contributed by atoms with van der Waals surface area (Å²) in [6.45, 7) is 4.85. The van der Waals surface area contributed by atoms with Crippen LogP contribution in [-0.4, -0.2) is 21.2 Å². The van der Waals surface area contributed by atoms with Crippen molar-refractivity contribution in [3.8, 4) is 0 Å². The lowest BCUT2D eigenvalue weighted by Crippen LogP contribution is -2.46. The van der Waals surface area contributed by atoms with Crippen LogP contribution >= 0.6 is 0 Å². The Labute approximate surface area is 119 Å². The predicted molar refractivity (Wildman–Crippen MR) is 76.4 cm³/mol. The summed E-state index contributed by atoms with van der Waals surface area (Å²) in [5, 5.41) is 0. The lowest BCUT2D eigenvalue weighted by Gasteiger charge is -2.24. The Hall–Kier alpha value is -1.14. The van der Waals surface area contributed by atoms with Gasteiger partial charge in [0.1, 0.15) is 6.04 Å². The van der Waals surface area contributed by atoms with Gasteiger partial charge in [-0.05, 0) is 26.3 Å². The van der Waals surface area contributed by atoms with E-state index in [1.807, 2.05) is 0 Å². The Kier molecular flexibility index (Phi) is 5.53. The highest BCUT2D eigenvalue weighted by Gasteiger charge is 2.40. The molecular formula is C14H18F3NOS. The van der Waals surface area contributed by atoms with Gasteiger partial charge < -0.3 is 0 Å². The fourth-order valence-electron chi connectivity index (χ4n) is 1.28. The van der Waals surface area contributed by atoms with Crippen LogP contribution < -0.4 is 4.72 Å². The fourth-order valence-corrected chi connectivity index (χ4v) is 2.08. The van der Waals surface area contributed by atoms with E-state index < -0.39 is 28.0 Å². The minimum absolute atomic E-state index is 0.657. The highest BCUT2D eigenvalue weighted by Crippen LogP contribution is 2.23. The molecule has 0 bridgehead atoms. The Balaban J connectivity index is 2.87. The van der Waals surface area contributed by atoms with Crippen LogP contribution in [0.5, 0.6) is 0 Å². The van der Waals surface area contributed by atoms with E-state index in [1.165, 1.54) is 6.08 Å². The minimum Gasteiger partial charge on any atom is -0.242 e. The topological polar surface area (TPSA) is 29.1 Å². The molecule has 0 aliphatic rings. The molecule has 0 amide bonds. The zero-order valence-electron chi connectivity index (χ0n) is 11.6. The number of halogens is 3. The maximum atomic E-state index is 12.9. The molecule has 1 rings (SSSR count). The molecule has 6 heteroatoms. The highest BCUT2D eigenvalue weighted by atomic mass is 32.2. The van der Waals surface area contributed by atoms with Gasteiger partial charge in [-0.15, -0.1) is 0 Å². The van der Waals surface area contributed by atoms with E-state index in [1.54, 1.807) is 51.1 Å². The second-order valence-corrected chi connectivity index (χ2v) is 7.29. The van der Waals surface area contributed by atoms with Crippen LogP contribution in [0.3, 0.4) is 0 Å². The smallest absolute Gasteiger partial charge is 0.242 e. The van der Waals surface area contributed by atoms with Crippen LogP contribution in [0.1, 0.15) is 26.3 Å². The van der Waals surface area contributed by atoms with Gasteiger partial charge >= 0.3 is 6.18 Å². The highest BCUT2D eigenvalue weighted by molar-refractivity contribution is 7.84. The number of rotatable bonds is 4. The first-order valence-corrected chi connectivity index (χ1v) is 7.24. The molecule has 1 aromatic carbocycles. The molecule has 0 aromatic heterocycles. The van der Waals surface area contributed by atoms with Gasteiger partial charge in [0.15, 0.2) is 0 Å². The molecule has 1 N–H and O–H groups in total. The molecule has 0 aliphatic heterocycles. The molecule has 2 atom stereocenters. The van der Waals surface area contributed by atoms with Crippen molar-refractivity contribution in [3.05, 3.63) is 42.0 Å². The maximum Gasteiger partial charge on any atom is 0.408 e. The zero-order chi connectivity index (χ0) is 15.4. The van der Waals surface area contributed by atoms with Gasteiger partial charge in [0, 0.05) is 0 Å². The Bertz CT molecular complexity index is 477. The fraction of sp³-hybridized carbons (Fsp3) is 0.429. The van der Waals surface area contributed by atoms with Gasteiger partial charge in [0.2, 0.25) is 0 Å². The third-order valence-corrected chi connectivity index (χ3v) is 4.00. The summed E-state index contributed by atoms with van der Waals surface area (Å²) in [6, 6.07) is 6.72. The minimum atomic E-state index is -4.49. The van der Waals surface area contributed by atoms with Crippen molar-refractivity contribution in [1.29, 1.82) is 0 Å². The molecule has 0 fully saturated rings. The van der Waals surface area contributed by atoms with Crippen molar-refractivity contribution in [3.63, 3.8) is 0 Å². The maximum absolute atomic E-state index is 12.9. The molecule has 2 nitrogen and oxygen atoms in total. The molecule has 0 saturated heterocycles. The second-order valence-electron chi connectivity index (χ2n) is 5.29. The number of hydrogen-bond donors (Lipinski definition) is 1. The van der Waals surface area contributed by atoms with Crippen LogP contribution in [0.25, 0.3) is 6.08 Å².